The fraction of sp³-hybridized carbons (Fsp3) is 0.789. The van der Waals surface area contributed by atoms with Gasteiger partial charge in [0, 0.05) is 32.6 Å². The summed E-state index contributed by atoms with van der Waals surface area (Å²) in [6, 6.07) is -1.38. The van der Waals surface area contributed by atoms with Gasteiger partial charge in [0.2, 0.25) is 11.8 Å². The molecule has 182 valence electrons. The van der Waals surface area contributed by atoms with Crippen LogP contribution in [0.5, 0.6) is 0 Å². The van der Waals surface area contributed by atoms with Gasteiger partial charge in [-0.1, -0.05) is 0 Å². The van der Waals surface area contributed by atoms with Crippen molar-refractivity contribution in [3.05, 3.63) is 0 Å². The van der Waals surface area contributed by atoms with E-state index in [-0.39, 0.29) is 31.0 Å². The molecule has 0 spiro atoms. The van der Waals surface area contributed by atoms with E-state index in [1.807, 2.05) is 0 Å². The molecule has 0 radical (unpaired) electrons. The van der Waals surface area contributed by atoms with Crippen LogP contribution in [0.3, 0.4) is 0 Å². The van der Waals surface area contributed by atoms with E-state index in [1.54, 1.807) is 20.8 Å². The molecule has 0 aromatic heterocycles. The topological polar surface area (TPSA) is 137 Å². The van der Waals surface area contributed by atoms with Crippen molar-refractivity contribution >= 4 is 42.7 Å². The number of rotatable bonds is 13. The zero-order valence-electron chi connectivity index (χ0n) is 19.2. The van der Waals surface area contributed by atoms with Crippen LogP contribution in [0.15, 0.2) is 0 Å². The van der Waals surface area contributed by atoms with Gasteiger partial charge >= 0.3 is 11.9 Å². The molecule has 2 amide bonds. The molecule has 0 saturated heterocycles. The lowest BCUT2D eigenvalue weighted by atomic mass is 10.2. The average Bonchev–Trinajstić information content (AvgIpc) is 2.65. The number of ether oxygens (including phenoxy) is 2. The molecule has 0 heterocycles. The molecule has 12 heteroatoms. The van der Waals surface area contributed by atoms with E-state index in [2.05, 4.69) is 10.6 Å². The number of carbonyl (C=O) groups is 4. The van der Waals surface area contributed by atoms with Crippen LogP contribution >= 0.6 is 19.0 Å². The van der Waals surface area contributed by atoms with Gasteiger partial charge in [-0.15, -0.1) is 11.6 Å². The van der Waals surface area contributed by atoms with Crippen LogP contribution in [0.2, 0.25) is 0 Å². The molecule has 2 N–H and O–H groups in total. The number of carbonyl (C=O) groups excluding carboxylic acids is 4. The second-order valence-corrected chi connectivity index (χ2v) is 9.54. The maximum absolute atomic E-state index is 11.9. The van der Waals surface area contributed by atoms with Gasteiger partial charge in [-0.25, -0.2) is 9.59 Å². The van der Waals surface area contributed by atoms with Crippen molar-refractivity contribution in [1.82, 2.24) is 10.6 Å². The molecule has 0 aliphatic heterocycles. The van der Waals surface area contributed by atoms with E-state index in [1.165, 1.54) is 20.5 Å². The molecule has 0 rings (SSSR count). The van der Waals surface area contributed by atoms with Crippen LogP contribution in [0.1, 0.15) is 47.5 Å². The average molecular weight is 487 g/mol. The standard InChI is InChI=1S/C11H22NO5P.C8H14ClNO3/c1-5-16-11(14)10(12-9(3)13)7-8-18(4,15)17-6-2;1-3-13-8(12)7(4-5-9)10-6(2)11/h10H,5-8H2,1-4H3,(H,12,13);7H,3-5H2,1-2H3,(H,10,11)/t10-,18?;7-/m00/s1. The van der Waals surface area contributed by atoms with E-state index in [4.69, 9.17) is 25.6 Å². The minimum Gasteiger partial charge on any atom is -0.464 e. The monoisotopic (exact) mass is 486 g/mol. The molecular formula is C19H36ClN2O8P. The summed E-state index contributed by atoms with van der Waals surface area (Å²) in [6.45, 7) is 10.2. The third kappa shape index (κ3) is 17.7. The van der Waals surface area contributed by atoms with Gasteiger partial charge in [-0.05, 0) is 33.6 Å². The van der Waals surface area contributed by atoms with Gasteiger partial charge in [0.15, 0.2) is 7.37 Å². The van der Waals surface area contributed by atoms with Crippen molar-refractivity contribution in [1.29, 1.82) is 0 Å². The van der Waals surface area contributed by atoms with Gasteiger partial charge in [-0.2, -0.15) is 0 Å². The Morgan fingerprint density at radius 2 is 1.26 bits per heavy atom. The number of amides is 2. The normalized spacial score (nSPS) is 14.0. The van der Waals surface area contributed by atoms with E-state index < -0.39 is 31.4 Å². The number of halogens is 1. The fourth-order valence-corrected chi connectivity index (χ4v) is 3.91. The molecule has 1 unspecified atom stereocenters. The molecule has 0 aromatic carbocycles. The Hall–Kier alpha value is -1.64. The first-order valence-electron chi connectivity index (χ1n) is 10.1. The predicted octanol–water partition coefficient (Wildman–Crippen LogP) is 2.07. The van der Waals surface area contributed by atoms with Gasteiger partial charge < -0.3 is 24.6 Å². The summed E-state index contributed by atoms with van der Waals surface area (Å²) in [5, 5.41) is 4.96. The van der Waals surface area contributed by atoms with Crippen molar-refractivity contribution in [3.63, 3.8) is 0 Å². The number of nitrogens with one attached hydrogen (secondary N) is 2. The molecule has 0 saturated carbocycles. The zero-order chi connectivity index (χ0) is 24.4. The Bertz CT molecular complexity index is 618. The summed E-state index contributed by atoms with van der Waals surface area (Å²) >= 11 is 5.46. The predicted molar refractivity (Wildman–Crippen MR) is 118 cm³/mol. The van der Waals surface area contributed by atoms with Crippen LogP contribution in [0.4, 0.5) is 0 Å². The summed E-state index contributed by atoms with van der Waals surface area (Å²) in [6.07, 6.45) is 0.858. The van der Waals surface area contributed by atoms with Crippen molar-refractivity contribution in [2.45, 2.75) is 59.5 Å². The van der Waals surface area contributed by atoms with Crippen LogP contribution < -0.4 is 10.6 Å². The highest BCUT2D eigenvalue weighted by atomic mass is 35.5. The molecule has 0 aromatic rings. The Balaban J connectivity index is 0. The molecule has 10 nitrogen and oxygen atoms in total. The van der Waals surface area contributed by atoms with Crippen molar-refractivity contribution < 1.29 is 37.7 Å². The van der Waals surface area contributed by atoms with E-state index in [0.717, 1.165) is 0 Å². The first-order chi connectivity index (χ1) is 14.4. The largest absolute Gasteiger partial charge is 0.464 e. The number of esters is 2. The number of hydrogen-bond donors (Lipinski definition) is 2. The maximum atomic E-state index is 11.9. The lowest BCUT2D eigenvalue weighted by Gasteiger charge is -2.18. The lowest BCUT2D eigenvalue weighted by Crippen LogP contribution is -2.41. The minimum atomic E-state index is -2.71. The number of alkyl halides is 1. The van der Waals surface area contributed by atoms with Crippen LogP contribution in [0, 0.1) is 0 Å². The first-order valence-corrected chi connectivity index (χ1v) is 12.9. The Labute approximate surface area is 189 Å². The Morgan fingerprint density at radius 1 is 0.839 bits per heavy atom. The molecule has 31 heavy (non-hydrogen) atoms. The summed E-state index contributed by atoms with van der Waals surface area (Å²) in [5.74, 6) is -1.22. The van der Waals surface area contributed by atoms with Gasteiger partial charge in [0.1, 0.15) is 12.1 Å². The fourth-order valence-electron chi connectivity index (χ4n) is 2.28. The maximum Gasteiger partial charge on any atom is 0.328 e. The molecule has 0 bridgehead atoms. The summed E-state index contributed by atoms with van der Waals surface area (Å²) in [5.41, 5.74) is 0. The summed E-state index contributed by atoms with van der Waals surface area (Å²) < 4.78 is 26.6. The molecule has 0 aliphatic rings. The third-order valence-corrected chi connectivity index (χ3v) is 5.61. The van der Waals surface area contributed by atoms with Crippen LogP contribution in [-0.2, 0) is 37.7 Å². The number of hydrogen-bond acceptors (Lipinski definition) is 8. The summed E-state index contributed by atoms with van der Waals surface area (Å²) in [7, 11) is -2.71. The van der Waals surface area contributed by atoms with Crippen molar-refractivity contribution in [2.24, 2.45) is 0 Å². The second kappa shape index (κ2) is 18.0. The molecule has 3 atom stereocenters. The Morgan fingerprint density at radius 3 is 1.58 bits per heavy atom. The van der Waals surface area contributed by atoms with E-state index in [0.29, 0.717) is 25.5 Å². The first kappa shape index (κ1) is 31.5. The molecule has 0 fully saturated rings. The Kier molecular flexibility index (Phi) is 18.3. The van der Waals surface area contributed by atoms with E-state index >= 15 is 0 Å². The lowest BCUT2D eigenvalue weighted by molar-refractivity contribution is -0.147. The summed E-state index contributed by atoms with van der Waals surface area (Å²) in [4.78, 5) is 44.4. The zero-order valence-corrected chi connectivity index (χ0v) is 20.8. The quantitative estimate of drug-likeness (QED) is 0.229. The highest BCUT2D eigenvalue weighted by Gasteiger charge is 2.25. The van der Waals surface area contributed by atoms with Crippen LogP contribution in [-0.4, -0.2) is 74.4 Å². The highest BCUT2D eigenvalue weighted by Crippen LogP contribution is 2.43. The van der Waals surface area contributed by atoms with Gasteiger partial charge in [-0.3, -0.25) is 14.2 Å². The van der Waals surface area contributed by atoms with Crippen LogP contribution in [0.25, 0.3) is 0 Å². The highest BCUT2D eigenvalue weighted by molar-refractivity contribution is 7.58. The van der Waals surface area contributed by atoms with Gasteiger partial charge in [0.05, 0.1) is 19.8 Å². The SMILES string of the molecule is CCOC(=O)[C@H](CCCl)NC(C)=O.CCOC(=O)[C@H](CCP(C)(=O)OCC)NC(C)=O. The van der Waals surface area contributed by atoms with Gasteiger partial charge in [0.25, 0.3) is 0 Å². The third-order valence-electron chi connectivity index (χ3n) is 3.52. The van der Waals surface area contributed by atoms with E-state index in [9.17, 15) is 23.7 Å². The van der Waals surface area contributed by atoms with Crippen molar-refractivity contribution in [3.8, 4) is 0 Å². The minimum absolute atomic E-state index is 0.227. The smallest absolute Gasteiger partial charge is 0.328 e. The molecule has 0 aliphatic carbocycles. The molecular weight excluding hydrogens is 451 g/mol. The second-order valence-electron chi connectivity index (χ2n) is 6.43. The van der Waals surface area contributed by atoms with Crippen molar-refractivity contribution in [2.75, 3.05) is 38.5 Å².